The second-order valence-electron chi connectivity index (χ2n) is 8.28. The Morgan fingerprint density at radius 2 is 1.76 bits per heavy atom. The van der Waals surface area contributed by atoms with Crippen LogP contribution >= 0.6 is 19.4 Å². The zero-order valence-electron chi connectivity index (χ0n) is 19.3. The summed E-state index contributed by atoms with van der Waals surface area (Å²) in [5.74, 6) is -0.521. The van der Waals surface area contributed by atoms with Crippen molar-refractivity contribution in [1.29, 1.82) is 0 Å². The normalized spacial score (nSPS) is 11.6. The number of nitrogens with zero attached hydrogens (tertiary/aromatic N) is 3. The van der Waals surface area contributed by atoms with Gasteiger partial charge < -0.3 is 9.51 Å². The topological polar surface area (TPSA) is 160 Å². The molecule has 0 spiro atoms. The van der Waals surface area contributed by atoms with Gasteiger partial charge >= 0.3 is 7.82 Å². The second-order valence-corrected chi connectivity index (χ2v) is 9.88. The first-order valence-electron chi connectivity index (χ1n) is 11.1. The first-order chi connectivity index (χ1) is 18.1. The fourth-order valence-electron chi connectivity index (χ4n) is 4.14. The third-order valence-corrected chi connectivity index (χ3v) is 6.45. The first-order valence-corrected chi connectivity index (χ1v) is 13.0. The number of nitro groups is 1. The molecule has 0 saturated heterocycles. The number of aromatic amines is 1. The van der Waals surface area contributed by atoms with E-state index in [-0.39, 0.29) is 11.1 Å². The number of rotatable bonds is 7. The largest absolute Gasteiger partial charge is 0.524 e. The average molecular weight is 553 g/mol. The van der Waals surface area contributed by atoms with Gasteiger partial charge in [0.05, 0.1) is 22.2 Å². The number of nitro benzene ring substituents is 1. The van der Waals surface area contributed by atoms with Crippen molar-refractivity contribution in [3.8, 4) is 28.0 Å². The van der Waals surface area contributed by atoms with Crippen LogP contribution in [-0.2, 0) is 11.0 Å². The number of hydrogen-bond donors (Lipinski definition) is 3. The molecule has 3 N–H and O–H groups in total. The monoisotopic (exact) mass is 552 g/mol. The highest BCUT2D eigenvalue weighted by Crippen LogP contribution is 2.43. The number of halogens is 1. The molecule has 38 heavy (non-hydrogen) atoms. The maximum absolute atomic E-state index is 13.6. The minimum Gasteiger partial charge on any atom is -0.403 e. The minimum atomic E-state index is -5.10. The van der Waals surface area contributed by atoms with Crippen LogP contribution in [0.3, 0.4) is 0 Å². The van der Waals surface area contributed by atoms with Crippen molar-refractivity contribution in [1.82, 2.24) is 14.6 Å². The summed E-state index contributed by atoms with van der Waals surface area (Å²) in [4.78, 5) is 45.9. The predicted octanol–water partition coefficient (Wildman–Crippen LogP) is 4.98. The molecule has 0 saturated carbocycles. The highest BCUT2D eigenvalue weighted by Gasteiger charge is 2.25. The smallest absolute Gasteiger partial charge is 0.403 e. The fourth-order valence-corrected chi connectivity index (χ4v) is 4.67. The molecule has 192 valence electrons. The lowest BCUT2D eigenvalue weighted by Gasteiger charge is -2.12. The molecule has 3 aromatic carbocycles. The van der Waals surface area contributed by atoms with E-state index in [1.165, 1.54) is 12.3 Å². The third kappa shape index (κ3) is 5.09. The van der Waals surface area contributed by atoms with Crippen molar-refractivity contribution < 1.29 is 23.8 Å². The lowest BCUT2D eigenvalue weighted by Crippen LogP contribution is -2.17. The Morgan fingerprint density at radius 1 is 1.05 bits per heavy atom. The molecule has 11 nitrogen and oxygen atoms in total. The molecule has 0 atom stereocenters. The highest BCUT2D eigenvalue weighted by atomic mass is 35.5. The van der Waals surface area contributed by atoms with Crippen molar-refractivity contribution in [2.24, 2.45) is 0 Å². The number of hydrogen-bond acceptors (Lipinski definition) is 6. The van der Waals surface area contributed by atoms with Gasteiger partial charge in [-0.25, -0.2) is 4.57 Å². The molecular formula is C25H18ClN4O7P. The van der Waals surface area contributed by atoms with E-state index in [1.807, 2.05) is 42.5 Å². The summed E-state index contributed by atoms with van der Waals surface area (Å²) >= 11 is 6.08. The number of phosphoric acid groups is 1. The van der Waals surface area contributed by atoms with Gasteiger partial charge in [0.1, 0.15) is 11.4 Å². The van der Waals surface area contributed by atoms with Gasteiger partial charge in [-0.2, -0.15) is 9.61 Å². The van der Waals surface area contributed by atoms with Crippen LogP contribution in [0.2, 0.25) is 5.02 Å². The maximum Gasteiger partial charge on any atom is 0.524 e. The summed E-state index contributed by atoms with van der Waals surface area (Å²) < 4.78 is 17.4. The molecule has 2 heterocycles. The summed E-state index contributed by atoms with van der Waals surface area (Å²) in [7, 11) is -5.10. The third-order valence-electron chi connectivity index (χ3n) is 5.76. The number of aromatic nitrogens is 3. The quantitative estimate of drug-likeness (QED) is 0.145. The Bertz CT molecular complexity index is 1780. The van der Waals surface area contributed by atoms with Crippen LogP contribution in [0, 0.1) is 10.1 Å². The summed E-state index contributed by atoms with van der Waals surface area (Å²) in [5, 5.41) is 16.3. The predicted molar refractivity (Wildman–Crippen MR) is 140 cm³/mol. The number of nitrogens with one attached hydrogen (secondary N) is 1. The van der Waals surface area contributed by atoms with Gasteiger partial charge in [0.25, 0.3) is 11.2 Å². The Labute approximate surface area is 219 Å². The number of fused-ring (bicyclic) bond motifs is 1. The number of H-pyrrole nitrogens is 1. The SMILES string of the molecule is O=c1c(-c2ccc([N+](=O)[O-])cc2OP(=O)(O)O)c[nH]c2c(-c3ccc(Cl)cc3)c(Cc3ccccc3)nn12. The van der Waals surface area contributed by atoms with E-state index in [0.29, 0.717) is 28.3 Å². The molecule has 0 radical (unpaired) electrons. The fraction of sp³-hybridized carbons (Fsp3) is 0.0400. The van der Waals surface area contributed by atoms with Crippen molar-refractivity contribution >= 4 is 30.8 Å². The van der Waals surface area contributed by atoms with E-state index in [1.54, 1.807) is 12.1 Å². The van der Waals surface area contributed by atoms with Gasteiger partial charge in [-0.05, 0) is 29.3 Å². The molecule has 2 aromatic heterocycles. The summed E-state index contributed by atoms with van der Waals surface area (Å²) in [6.07, 6.45) is 1.76. The van der Waals surface area contributed by atoms with Crippen LogP contribution in [0.4, 0.5) is 5.69 Å². The number of benzene rings is 3. The van der Waals surface area contributed by atoms with Crippen molar-refractivity contribution in [3.05, 3.63) is 116 Å². The molecule has 5 rings (SSSR count). The zero-order valence-corrected chi connectivity index (χ0v) is 21.0. The van der Waals surface area contributed by atoms with E-state index in [4.69, 9.17) is 16.1 Å². The molecule has 0 unspecified atom stereocenters. The van der Waals surface area contributed by atoms with E-state index in [2.05, 4.69) is 10.1 Å². The van der Waals surface area contributed by atoms with Gasteiger partial charge in [-0.1, -0.05) is 54.1 Å². The van der Waals surface area contributed by atoms with E-state index < -0.39 is 29.7 Å². The lowest BCUT2D eigenvalue weighted by molar-refractivity contribution is -0.384. The zero-order chi connectivity index (χ0) is 27.0. The molecule has 0 aliphatic rings. The standard InChI is InChI=1S/C25H18ClN4O7P/c26-17-8-6-16(7-9-17)23-21(12-15-4-2-1-3-5-15)28-29-24(23)27-14-20(25(29)31)19-11-10-18(30(32)33)13-22(19)37-38(34,35)36/h1-11,13-14,27H,12H2,(H2,34,35,36). The summed E-state index contributed by atoms with van der Waals surface area (Å²) in [6.45, 7) is 0. The maximum atomic E-state index is 13.6. The molecular weight excluding hydrogens is 535 g/mol. The van der Waals surface area contributed by atoms with Gasteiger partial charge in [-0.15, -0.1) is 0 Å². The van der Waals surface area contributed by atoms with Crippen molar-refractivity contribution in [2.45, 2.75) is 6.42 Å². The van der Waals surface area contributed by atoms with Crippen LogP contribution in [-0.4, -0.2) is 29.3 Å². The summed E-state index contributed by atoms with van der Waals surface area (Å²) in [6, 6.07) is 19.8. The Hall–Kier alpha value is -4.28. The molecule has 0 aliphatic heterocycles. The first kappa shape index (κ1) is 25.4. The van der Waals surface area contributed by atoms with E-state index >= 15 is 0 Å². The van der Waals surface area contributed by atoms with Crippen LogP contribution in [0.5, 0.6) is 5.75 Å². The number of phosphoric ester groups is 1. The van der Waals surface area contributed by atoms with Crippen LogP contribution in [0.25, 0.3) is 27.9 Å². The van der Waals surface area contributed by atoms with E-state index in [9.17, 15) is 29.3 Å². The molecule has 13 heteroatoms. The Morgan fingerprint density at radius 3 is 2.42 bits per heavy atom. The van der Waals surface area contributed by atoms with Crippen molar-refractivity contribution in [3.63, 3.8) is 0 Å². The van der Waals surface area contributed by atoms with Crippen LogP contribution in [0.15, 0.2) is 83.8 Å². The average Bonchev–Trinajstić information content (AvgIpc) is 3.23. The van der Waals surface area contributed by atoms with Crippen LogP contribution < -0.4 is 10.1 Å². The summed E-state index contributed by atoms with van der Waals surface area (Å²) in [5.41, 5.74) is 2.16. The van der Waals surface area contributed by atoms with E-state index in [0.717, 1.165) is 27.8 Å². The lowest BCUT2D eigenvalue weighted by atomic mass is 10.0. The van der Waals surface area contributed by atoms with Gasteiger partial charge in [0, 0.05) is 34.8 Å². The number of non-ortho nitro benzene ring substituents is 1. The molecule has 0 fully saturated rings. The minimum absolute atomic E-state index is 0.0600. The van der Waals surface area contributed by atoms with Gasteiger partial charge in [0.15, 0.2) is 0 Å². The van der Waals surface area contributed by atoms with Crippen molar-refractivity contribution in [2.75, 3.05) is 0 Å². The molecule has 0 aliphatic carbocycles. The van der Waals surface area contributed by atoms with Gasteiger partial charge in [-0.3, -0.25) is 24.7 Å². The Kier molecular flexibility index (Phi) is 6.60. The molecule has 5 aromatic rings. The molecule has 0 bridgehead atoms. The second kappa shape index (κ2) is 9.88. The van der Waals surface area contributed by atoms with Gasteiger partial charge in [0.2, 0.25) is 0 Å². The molecule has 0 amide bonds. The highest BCUT2D eigenvalue weighted by molar-refractivity contribution is 7.46. The van der Waals surface area contributed by atoms with Crippen LogP contribution in [0.1, 0.15) is 11.3 Å². The Balaban J connectivity index is 1.73.